The highest BCUT2D eigenvalue weighted by Crippen LogP contribution is 2.18. The first-order chi connectivity index (χ1) is 22.4. The fraction of sp³-hybridized carbons (Fsp3) is 0.486. The quantitative estimate of drug-likeness (QED) is 0.241. The van der Waals surface area contributed by atoms with Gasteiger partial charge in [-0.15, -0.1) is 0 Å². The van der Waals surface area contributed by atoms with Gasteiger partial charge in [-0.25, -0.2) is 9.59 Å². The van der Waals surface area contributed by atoms with Gasteiger partial charge in [-0.2, -0.15) is 0 Å². The number of nitrogens with one attached hydrogen (secondary N) is 2. The average Bonchev–Trinajstić information content (AvgIpc) is 3.01. The molecular formula is C35H48N4O9. The number of nitrogens with zero attached hydrogens (tertiary/aromatic N) is 2. The number of esters is 1. The normalized spacial score (nSPS) is 13.7. The summed E-state index contributed by atoms with van der Waals surface area (Å²) in [6, 6.07) is 12.9. The molecule has 2 aromatic rings. The van der Waals surface area contributed by atoms with Crippen molar-refractivity contribution in [3.8, 4) is 0 Å². The lowest BCUT2D eigenvalue weighted by molar-refractivity contribution is -0.153. The van der Waals surface area contributed by atoms with Crippen molar-refractivity contribution in [3.63, 3.8) is 0 Å². The van der Waals surface area contributed by atoms with Crippen LogP contribution in [0.2, 0.25) is 0 Å². The van der Waals surface area contributed by atoms with Gasteiger partial charge >= 0.3 is 18.0 Å². The molecule has 0 fully saturated rings. The van der Waals surface area contributed by atoms with Gasteiger partial charge in [0.15, 0.2) is 0 Å². The Morgan fingerprint density at radius 3 is 1.83 bits per heavy atom. The maximum atomic E-state index is 14.1. The molecule has 0 aliphatic heterocycles. The molecule has 0 saturated carbocycles. The zero-order valence-corrected chi connectivity index (χ0v) is 28.9. The van der Waals surface area contributed by atoms with E-state index >= 15 is 0 Å². The summed E-state index contributed by atoms with van der Waals surface area (Å²) in [6.07, 6.45) is -1.34. The Hall–Kier alpha value is -4.94. The topological polar surface area (TPSA) is 172 Å². The van der Waals surface area contributed by atoms with Crippen molar-refractivity contribution in [1.29, 1.82) is 0 Å². The van der Waals surface area contributed by atoms with Gasteiger partial charge in [0.05, 0.1) is 6.42 Å². The van der Waals surface area contributed by atoms with Gasteiger partial charge < -0.3 is 35.0 Å². The molecule has 0 heterocycles. The number of rotatable bonds is 15. The molecule has 3 N–H and O–H groups in total. The van der Waals surface area contributed by atoms with Crippen LogP contribution < -0.4 is 10.6 Å². The molecule has 0 unspecified atom stereocenters. The second kappa shape index (κ2) is 17.8. The fourth-order valence-corrected chi connectivity index (χ4v) is 4.95. The van der Waals surface area contributed by atoms with E-state index in [9.17, 15) is 33.9 Å². The number of aliphatic carboxylic acids is 1. The van der Waals surface area contributed by atoms with Crippen LogP contribution in [0.4, 0.5) is 4.79 Å². The first kappa shape index (κ1) is 39.2. The van der Waals surface area contributed by atoms with Crippen LogP contribution in [0.25, 0.3) is 0 Å². The SMILES string of the molecule is CC(C)[C@@H](C(=O)N[C@@H](CC(=O)OCc1ccccc1)C(=O)O)N(C)C(=O)[C@H](Cc1ccccc1)N(C)C(=O)[C@H](C)NC(=O)OC(C)(C)C. The van der Waals surface area contributed by atoms with E-state index in [0.717, 1.165) is 5.56 Å². The van der Waals surface area contributed by atoms with E-state index < -0.39 is 77.9 Å². The molecule has 262 valence electrons. The number of carbonyl (C=O) groups is 6. The largest absolute Gasteiger partial charge is 0.480 e. The third kappa shape index (κ3) is 12.3. The van der Waals surface area contributed by atoms with Crippen molar-refractivity contribution >= 4 is 35.8 Å². The second-order valence-electron chi connectivity index (χ2n) is 12.9. The Balaban J connectivity index is 2.26. The number of likely N-dealkylation sites (N-methyl/N-ethyl adjacent to an activating group) is 2. The highest BCUT2D eigenvalue weighted by molar-refractivity contribution is 5.95. The molecule has 0 aromatic heterocycles. The summed E-state index contributed by atoms with van der Waals surface area (Å²) < 4.78 is 10.5. The summed E-state index contributed by atoms with van der Waals surface area (Å²) in [5.74, 6) is -4.73. The second-order valence-corrected chi connectivity index (χ2v) is 12.9. The lowest BCUT2D eigenvalue weighted by atomic mass is 9.98. The molecule has 13 heteroatoms. The highest BCUT2D eigenvalue weighted by atomic mass is 16.6. The maximum absolute atomic E-state index is 14.1. The fourth-order valence-electron chi connectivity index (χ4n) is 4.95. The molecule has 2 aromatic carbocycles. The zero-order chi connectivity index (χ0) is 36.2. The summed E-state index contributed by atoms with van der Waals surface area (Å²) in [5.41, 5.74) is 0.661. The zero-order valence-electron chi connectivity index (χ0n) is 28.9. The Morgan fingerprint density at radius 1 is 0.792 bits per heavy atom. The molecule has 0 spiro atoms. The van der Waals surface area contributed by atoms with Gasteiger partial charge in [-0.3, -0.25) is 19.2 Å². The van der Waals surface area contributed by atoms with Crippen LogP contribution >= 0.6 is 0 Å². The van der Waals surface area contributed by atoms with E-state index in [-0.39, 0.29) is 13.0 Å². The Morgan fingerprint density at radius 2 is 1.33 bits per heavy atom. The van der Waals surface area contributed by atoms with Gasteiger partial charge in [0.1, 0.15) is 36.4 Å². The van der Waals surface area contributed by atoms with E-state index in [1.807, 2.05) is 6.07 Å². The molecule has 0 saturated heterocycles. The molecule has 0 aliphatic carbocycles. The van der Waals surface area contributed by atoms with E-state index in [2.05, 4.69) is 10.6 Å². The smallest absolute Gasteiger partial charge is 0.408 e. The highest BCUT2D eigenvalue weighted by Gasteiger charge is 2.39. The minimum atomic E-state index is -1.62. The lowest BCUT2D eigenvalue weighted by Crippen LogP contribution is -2.60. The Bertz CT molecular complexity index is 1410. The van der Waals surface area contributed by atoms with Crippen LogP contribution in [0.1, 0.15) is 59.1 Å². The minimum Gasteiger partial charge on any atom is -0.480 e. The Kier molecular flexibility index (Phi) is 14.6. The first-order valence-electron chi connectivity index (χ1n) is 15.7. The summed E-state index contributed by atoms with van der Waals surface area (Å²) >= 11 is 0. The molecule has 4 atom stereocenters. The molecule has 13 nitrogen and oxygen atoms in total. The van der Waals surface area contributed by atoms with Crippen molar-refractivity contribution in [1.82, 2.24) is 20.4 Å². The van der Waals surface area contributed by atoms with Crippen molar-refractivity contribution < 1.29 is 43.3 Å². The number of ether oxygens (including phenoxy) is 2. The third-order valence-corrected chi connectivity index (χ3v) is 7.37. The summed E-state index contributed by atoms with van der Waals surface area (Å²) in [4.78, 5) is 80.5. The van der Waals surface area contributed by atoms with Crippen molar-refractivity contribution in [3.05, 3.63) is 71.8 Å². The number of hydrogen-bond donors (Lipinski definition) is 3. The van der Waals surface area contributed by atoms with Crippen LogP contribution in [0.3, 0.4) is 0 Å². The molecular weight excluding hydrogens is 620 g/mol. The summed E-state index contributed by atoms with van der Waals surface area (Å²) in [6.45, 7) is 9.84. The van der Waals surface area contributed by atoms with Crippen molar-refractivity contribution in [2.24, 2.45) is 5.92 Å². The monoisotopic (exact) mass is 668 g/mol. The number of amides is 4. The maximum Gasteiger partial charge on any atom is 0.408 e. The van der Waals surface area contributed by atoms with E-state index in [4.69, 9.17) is 9.47 Å². The van der Waals surface area contributed by atoms with E-state index in [1.54, 1.807) is 89.2 Å². The third-order valence-electron chi connectivity index (χ3n) is 7.37. The van der Waals surface area contributed by atoms with Gasteiger partial charge in [0.2, 0.25) is 17.7 Å². The number of carboxylic acid groups (broad SMARTS) is 1. The lowest BCUT2D eigenvalue weighted by Gasteiger charge is -2.37. The van der Waals surface area contributed by atoms with Gasteiger partial charge in [-0.1, -0.05) is 74.5 Å². The molecule has 0 bridgehead atoms. The number of alkyl carbamates (subject to hydrolysis) is 1. The number of carboxylic acids is 1. The van der Waals surface area contributed by atoms with Gasteiger partial charge in [-0.05, 0) is 44.7 Å². The predicted molar refractivity (Wildman–Crippen MR) is 177 cm³/mol. The van der Waals surface area contributed by atoms with Crippen LogP contribution in [0.5, 0.6) is 0 Å². The Labute approximate surface area is 281 Å². The van der Waals surface area contributed by atoms with Crippen molar-refractivity contribution in [2.75, 3.05) is 14.1 Å². The average molecular weight is 669 g/mol. The molecule has 48 heavy (non-hydrogen) atoms. The summed E-state index contributed by atoms with van der Waals surface area (Å²) in [5, 5.41) is 14.7. The van der Waals surface area contributed by atoms with Gasteiger partial charge in [0.25, 0.3) is 0 Å². The molecule has 2 rings (SSSR count). The number of benzene rings is 2. The molecule has 0 radical (unpaired) electrons. The first-order valence-corrected chi connectivity index (χ1v) is 15.7. The van der Waals surface area contributed by atoms with Gasteiger partial charge in [0, 0.05) is 20.5 Å². The predicted octanol–water partition coefficient (Wildman–Crippen LogP) is 3.16. The standard InChI is InChI=1S/C35H48N4O9/c1-22(2)29(30(41)37-26(33(44)45)20-28(40)47-21-25-17-13-10-14-18-25)39(8)32(43)27(19-24-15-11-9-12-16-24)38(7)31(42)23(3)36-34(46)48-35(4,5)6/h9-18,22-23,26-27,29H,19-21H2,1-8H3,(H,36,46)(H,37,41)(H,44,45)/t23-,26-,27-,29-/m0/s1. The number of hydrogen-bond acceptors (Lipinski definition) is 8. The van der Waals surface area contributed by atoms with Crippen molar-refractivity contribution in [2.45, 2.75) is 90.8 Å². The summed E-state index contributed by atoms with van der Waals surface area (Å²) in [7, 11) is 2.83. The van der Waals surface area contributed by atoms with Crippen LogP contribution in [0, 0.1) is 5.92 Å². The van der Waals surface area contributed by atoms with Crippen LogP contribution in [-0.2, 0) is 46.5 Å². The van der Waals surface area contributed by atoms with E-state index in [1.165, 1.54) is 30.8 Å². The molecule has 0 aliphatic rings. The molecule has 4 amide bonds. The van der Waals surface area contributed by atoms with Crippen LogP contribution in [-0.4, -0.2) is 94.5 Å². The minimum absolute atomic E-state index is 0.0627. The number of carbonyl (C=O) groups excluding carboxylic acids is 5. The van der Waals surface area contributed by atoms with Crippen LogP contribution in [0.15, 0.2) is 60.7 Å². The van der Waals surface area contributed by atoms with E-state index in [0.29, 0.717) is 5.56 Å².